The van der Waals surface area contributed by atoms with Crippen LogP contribution in [-0.4, -0.2) is 64.4 Å². The average Bonchev–Trinajstić information content (AvgIpc) is 2.70. The zero-order valence-electron chi connectivity index (χ0n) is 18.0. The molecule has 0 bridgehead atoms. The number of amides is 3. The monoisotopic (exact) mass is 419 g/mol. The molecular formula is C21H31N4O5+. The van der Waals surface area contributed by atoms with Gasteiger partial charge in [-0.15, -0.1) is 0 Å². The predicted octanol–water partition coefficient (Wildman–Crippen LogP) is -0.0968. The molecule has 0 saturated carbocycles. The molecule has 30 heavy (non-hydrogen) atoms. The molecule has 1 atom stereocenters. The smallest absolute Gasteiger partial charge is 0.337 e. The second-order valence-corrected chi connectivity index (χ2v) is 7.13. The molecule has 1 aliphatic rings. The van der Waals surface area contributed by atoms with Gasteiger partial charge in [-0.05, 0) is 38.0 Å². The van der Waals surface area contributed by atoms with E-state index in [-0.39, 0.29) is 38.2 Å². The molecule has 1 aromatic rings. The number of nitrogens with one attached hydrogen (secondary N) is 4. The summed E-state index contributed by atoms with van der Waals surface area (Å²) in [5.74, 6) is -0.640. The van der Waals surface area contributed by atoms with E-state index in [2.05, 4.69) is 16.0 Å². The lowest BCUT2D eigenvalue weighted by Crippen LogP contribution is -3.14. The van der Waals surface area contributed by atoms with Crippen LogP contribution >= 0.6 is 0 Å². The van der Waals surface area contributed by atoms with Crippen molar-refractivity contribution in [3.8, 4) is 0 Å². The lowest BCUT2D eigenvalue weighted by molar-refractivity contribution is -0.887. The number of hydrogen-bond donors (Lipinski definition) is 4. The fourth-order valence-corrected chi connectivity index (χ4v) is 3.14. The van der Waals surface area contributed by atoms with Gasteiger partial charge >= 0.3 is 12.0 Å². The van der Waals surface area contributed by atoms with Crippen LogP contribution in [0.15, 0.2) is 29.5 Å². The summed E-state index contributed by atoms with van der Waals surface area (Å²) in [5.41, 5.74) is 3.71. The molecule has 1 unspecified atom stereocenters. The van der Waals surface area contributed by atoms with Crippen LogP contribution in [0.4, 0.5) is 10.5 Å². The fourth-order valence-electron chi connectivity index (χ4n) is 3.14. The Kier molecular flexibility index (Phi) is 8.82. The molecule has 1 aromatic carbocycles. The number of ether oxygens (including phenoxy) is 2. The van der Waals surface area contributed by atoms with E-state index in [0.717, 1.165) is 21.7 Å². The van der Waals surface area contributed by atoms with Gasteiger partial charge in [0.2, 0.25) is 0 Å². The van der Waals surface area contributed by atoms with E-state index in [1.54, 1.807) is 14.0 Å². The first-order valence-corrected chi connectivity index (χ1v) is 9.98. The first kappa shape index (κ1) is 23.4. The molecule has 1 aliphatic heterocycles. The van der Waals surface area contributed by atoms with Crippen molar-refractivity contribution in [2.24, 2.45) is 0 Å². The van der Waals surface area contributed by atoms with Gasteiger partial charge in [0.15, 0.2) is 6.54 Å². The van der Waals surface area contributed by atoms with E-state index < -0.39 is 5.97 Å². The third-order valence-corrected chi connectivity index (χ3v) is 4.95. The third-order valence-electron chi connectivity index (χ3n) is 4.95. The Hall–Kier alpha value is -2.91. The maximum atomic E-state index is 12.7. The van der Waals surface area contributed by atoms with Crippen molar-refractivity contribution in [3.63, 3.8) is 0 Å². The van der Waals surface area contributed by atoms with Gasteiger partial charge in [-0.1, -0.05) is 12.1 Å². The summed E-state index contributed by atoms with van der Waals surface area (Å²) in [4.78, 5) is 37.6. The second kappa shape index (κ2) is 11.3. The number of hydrogen-bond acceptors (Lipinski definition) is 5. The van der Waals surface area contributed by atoms with Crippen LogP contribution in [0.1, 0.15) is 18.1 Å². The van der Waals surface area contributed by atoms with E-state index in [1.807, 2.05) is 32.0 Å². The summed E-state index contributed by atoms with van der Waals surface area (Å²) in [6, 6.07) is 5.37. The van der Waals surface area contributed by atoms with Crippen molar-refractivity contribution < 1.29 is 28.8 Å². The molecule has 9 nitrogen and oxygen atoms in total. The number of rotatable bonds is 10. The van der Waals surface area contributed by atoms with E-state index in [0.29, 0.717) is 24.4 Å². The molecular weight excluding hydrogens is 388 g/mol. The lowest BCUT2D eigenvalue weighted by Gasteiger charge is -2.25. The minimum Gasteiger partial charge on any atom is -0.463 e. The highest BCUT2D eigenvalue weighted by molar-refractivity contribution is 5.94. The van der Waals surface area contributed by atoms with Crippen LogP contribution in [0, 0.1) is 13.8 Å². The van der Waals surface area contributed by atoms with Crippen molar-refractivity contribution in [1.29, 1.82) is 0 Å². The Morgan fingerprint density at radius 1 is 1.27 bits per heavy atom. The summed E-state index contributed by atoms with van der Waals surface area (Å²) < 4.78 is 10.3. The van der Waals surface area contributed by atoms with Crippen molar-refractivity contribution in [1.82, 2.24) is 10.6 Å². The number of carbonyl (C=O) groups excluding carboxylic acids is 3. The Balaban J connectivity index is 2.15. The van der Waals surface area contributed by atoms with Crippen LogP contribution in [-0.2, 0) is 19.1 Å². The number of methoxy groups -OCH3 is 1. The number of esters is 1. The van der Waals surface area contributed by atoms with Gasteiger partial charge in [0, 0.05) is 12.8 Å². The maximum Gasteiger partial charge on any atom is 0.337 e. The highest BCUT2D eigenvalue weighted by Gasteiger charge is 2.27. The topological polar surface area (TPSA) is 110 Å². The van der Waals surface area contributed by atoms with Crippen LogP contribution in [0.5, 0.6) is 0 Å². The van der Waals surface area contributed by atoms with Crippen molar-refractivity contribution in [2.75, 3.05) is 51.8 Å². The van der Waals surface area contributed by atoms with Crippen LogP contribution in [0.2, 0.25) is 0 Å². The molecule has 1 heterocycles. The van der Waals surface area contributed by atoms with E-state index >= 15 is 0 Å². The van der Waals surface area contributed by atoms with Gasteiger partial charge in [0.05, 0.1) is 31.0 Å². The van der Waals surface area contributed by atoms with E-state index in [1.165, 1.54) is 0 Å². The summed E-state index contributed by atoms with van der Waals surface area (Å²) in [6.45, 7) is 7.39. The van der Waals surface area contributed by atoms with Crippen LogP contribution in [0.3, 0.4) is 0 Å². The first-order chi connectivity index (χ1) is 14.3. The number of quaternary nitrogens is 1. The van der Waals surface area contributed by atoms with E-state index in [4.69, 9.17) is 9.47 Å². The van der Waals surface area contributed by atoms with Gasteiger partial charge < -0.3 is 30.3 Å². The Labute approximate surface area is 176 Å². The van der Waals surface area contributed by atoms with Gasteiger partial charge in [0.25, 0.3) is 5.91 Å². The third kappa shape index (κ3) is 6.57. The molecule has 9 heteroatoms. The molecule has 0 aromatic heterocycles. The largest absolute Gasteiger partial charge is 0.463 e. The molecule has 0 radical (unpaired) electrons. The summed E-state index contributed by atoms with van der Waals surface area (Å²) >= 11 is 0. The summed E-state index contributed by atoms with van der Waals surface area (Å²) in [5, 5.41) is 8.22. The zero-order chi connectivity index (χ0) is 22.1. The molecule has 0 aliphatic carbocycles. The number of aryl methyl sites for hydroxylation is 1. The van der Waals surface area contributed by atoms with Gasteiger partial charge in [-0.3, -0.25) is 4.79 Å². The number of anilines is 1. The van der Waals surface area contributed by atoms with Crippen LogP contribution < -0.4 is 20.9 Å². The molecule has 3 amide bonds. The molecule has 2 rings (SSSR count). The average molecular weight is 420 g/mol. The molecule has 0 fully saturated rings. The van der Waals surface area contributed by atoms with Crippen molar-refractivity contribution in [3.05, 3.63) is 40.6 Å². The van der Waals surface area contributed by atoms with Gasteiger partial charge in [-0.2, -0.15) is 0 Å². The summed E-state index contributed by atoms with van der Waals surface area (Å²) in [6.07, 6.45) is 0. The molecule has 0 spiro atoms. The zero-order valence-corrected chi connectivity index (χ0v) is 18.0. The SMILES string of the molecule is CCOC(=O)C1=C(C[NH+](CCOC)CC(=O)Nc2cccc(C)c2C)NC(=O)NC1. The van der Waals surface area contributed by atoms with Crippen molar-refractivity contribution in [2.45, 2.75) is 20.8 Å². The quantitative estimate of drug-likeness (QED) is 0.396. The minimum atomic E-state index is -0.481. The molecule has 4 N–H and O–H groups in total. The highest BCUT2D eigenvalue weighted by atomic mass is 16.5. The van der Waals surface area contributed by atoms with Crippen LogP contribution in [0.25, 0.3) is 0 Å². The Morgan fingerprint density at radius 3 is 2.73 bits per heavy atom. The fraction of sp³-hybridized carbons (Fsp3) is 0.476. The summed E-state index contributed by atoms with van der Waals surface area (Å²) in [7, 11) is 1.59. The first-order valence-electron chi connectivity index (χ1n) is 9.98. The predicted molar refractivity (Wildman–Crippen MR) is 112 cm³/mol. The maximum absolute atomic E-state index is 12.7. The Morgan fingerprint density at radius 2 is 2.03 bits per heavy atom. The number of benzene rings is 1. The van der Waals surface area contributed by atoms with Gasteiger partial charge in [0.1, 0.15) is 13.1 Å². The van der Waals surface area contributed by atoms with Crippen molar-refractivity contribution >= 4 is 23.6 Å². The molecule has 0 saturated heterocycles. The second-order valence-electron chi connectivity index (χ2n) is 7.13. The number of carbonyl (C=O) groups is 3. The lowest BCUT2D eigenvalue weighted by atomic mass is 10.1. The Bertz CT molecular complexity index is 822. The minimum absolute atomic E-state index is 0.0895. The standard InChI is InChI=1S/C21H30N4O5/c1-5-30-20(27)16-11-22-21(28)24-18(16)12-25(9-10-29-4)13-19(26)23-17-8-6-7-14(2)15(17)3/h6-8H,5,9-13H2,1-4H3,(H,23,26)(H2,22,24,28)/p+1. The van der Waals surface area contributed by atoms with Gasteiger partial charge in [-0.25, -0.2) is 9.59 Å². The van der Waals surface area contributed by atoms with E-state index in [9.17, 15) is 14.4 Å². The normalized spacial score (nSPS) is 14.6. The molecule has 164 valence electrons. The highest BCUT2D eigenvalue weighted by Crippen LogP contribution is 2.17. The number of urea groups is 1.